The molecule has 2 nitrogen and oxygen atoms in total. The normalized spacial score (nSPS) is 23.6. The maximum atomic E-state index is 3.65. The molecular formula is C16H25BrN2. The highest BCUT2D eigenvalue weighted by Crippen LogP contribution is 2.38. The first-order valence-corrected chi connectivity index (χ1v) is 8.01. The molecule has 0 saturated heterocycles. The van der Waals surface area contributed by atoms with Crippen molar-refractivity contribution in [2.75, 3.05) is 27.2 Å². The Hall–Kier alpha value is -0.380. The fourth-order valence-corrected chi connectivity index (χ4v) is 3.27. The van der Waals surface area contributed by atoms with Gasteiger partial charge in [-0.1, -0.05) is 41.1 Å². The molecule has 106 valence electrons. The number of halogens is 1. The molecule has 19 heavy (non-hydrogen) atoms. The van der Waals surface area contributed by atoms with E-state index in [9.17, 15) is 0 Å². The second kappa shape index (κ2) is 6.87. The maximum Gasteiger partial charge on any atom is 0.0340 e. The molecule has 2 rings (SSSR count). The van der Waals surface area contributed by atoms with E-state index in [0.717, 1.165) is 24.8 Å². The molecule has 3 atom stereocenters. The lowest BCUT2D eigenvalue weighted by Crippen LogP contribution is -2.27. The van der Waals surface area contributed by atoms with Crippen LogP contribution in [-0.4, -0.2) is 32.1 Å². The second-order valence-corrected chi connectivity index (χ2v) is 6.74. The van der Waals surface area contributed by atoms with Crippen molar-refractivity contribution >= 4 is 15.9 Å². The predicted octanol–water partition coefficient (Wildman–Crippen LogP) is 3.69. The van der Waals surface area contributed by atoms with E-state index >= 15 is 0 Å². The zero-order valence-corrected chi connectivity index (χ0v) is 13.8. The molecule has 3 unspecified atom stereocenters. The third-order valence-electron chi connectivity index (χ3n) is 4.25. The maximum absolute atomic E-state index is 3.65. The third-order valence-corrected chi connectivity index (χ3v) is 4.97. The van der Waals surface area contributed by atoms with E-state index < -0.39 is 0 Å². The van der Waals surface area contributed by atoms with Gasteiger partial charge in [-0.3, -0.25) is 0 Å². The Bertz CT molecular complexity index is 407. The Morgan fingerprint density at radius 1 is 1.42 bits per heavy atom. The van der Waals surface area contributed by atoms with Gasteiger partial charge in [-0.15, -0.1) is 0 Å². The van der Waals surface area contributed by atoms with Gasteiger partial charge in [0.15, 0.2) is 0 Å². The third kappa shape index (κ3) is 4.30. The van der Waals surface area contributed by atoms with Gasteiger partial charge < -0.3 is 10.2 Å². The van der Waals surface area contributed by atoms with Crippen molar-refractivity contribution in [2.45, 2.75) is 25.8 Å². The lowest BCUT2D eigenvalue weighted by molar-refractivity contribution is 0.295. The van der Waals surface area contributed by atoms with Crippen molar-refractivity contribution in [1.29, 1.82) is 0 Å². The van der Waals surface area contributed by atoms with Crippen LogP contribution in [-0.2, 0) is 0 Å². The Morgan fingerprint density at radius 3 is 2.68 bits per heavy atom. The topological polar surface area (TPSA) is 15.3 Å². The summed E-state index contributed by atoms with van der Waals surface area (Å²) in [6.07, 6.45) is 2.57. The summed E-state index contributed by atoms with van der Waals surface area (Å²) in [5.41, 5.74) is 1.36. The van der Waals surface area contributed by atoms with E-state index in [2.05, 4.69) is 64.4 Å². The summed E-state index contributed by atoms with van der Waals surface area (Å²) < 4.78 is 1.20. The predicted molar refractivity (Wildman–Crippen MR) is 85.3 cm³/mol. The fourth-order valence-electron chi connectivity index (χ4n) is 2.71. The molecule has 1 N–H and O–H groups in total. The fraction of sp³-hybridized carbons (Fsp3) is 0.625. The van der Waals surface area contributed by atoms with Gasteiger partial charge in [0.05, 0.1) is 0 Å². The van der Waals surface area contributed by atoms with Gasteiger partial charge >= 0.3 is 0 Å². The van der Waals surface area contributed by atoms with Crippen LogP contribution in [0.25, 0.3) is 0 Å². The van der Waals surface area contributed by atoms with Gasteiger partial charge in [0.1, 0.15) is 0 Å². The number of rotatable bonds is 7. The summed E-state index contributed by atoms with van der Waals surface area (Å²) in [5, 5.41) is 3.44. The van der Waals surface area contributed by atoms with Crippen molar-refractivity contribution in [3.05, 3.63) is 34.3 Å². The van der Waals surface area contributed by atoms with Crippen molar-refractivity contribution < 1.29 is 0 Å². The summed E-state index contributed by atoms with van der Waals surface area (Å²) in [7, 11) is 4.30. The highest BCUT2D eigenvalue weighted by Gasteiger charge is 2.33. The quantitative estimate of drug-likeness (QED) is 0.822. The van der Waals surface area contributed by atoms with Gasteiger partial charge in [-0.05, 0) is 56.9 Å². The molecule has 0 radical (unpaired) electrons. The molecule has 1 aromatic rings. The molecule has 0 aliphatic heterocycles. The minimum Gasteiger partial charge on any atom is -0.313 e. The monoisotopic (exact) mass is 324 g/mol. The van der Waals surface area contributed by atoms with Crippen molar-refractivity contribution in [1.82, 2.24) is 10.2 Å². The first-order chi connectivity index (χ1) is 9.11. The minimum atomic E-state index is 0.426. The Balaban J connectivity index is 1.84. The lowest BCUT2D eigenvalue weighted by Gasteiger charge is -2.22. The van der Waals surface area contributed by atoms with Crippen molar-refractivity contribution in [3.63, 3.8) is 0 Å². The molecule has 3 heteroatoms. The second-order valence-electron chi connectivity index (χ2n) is 5.89. The Labute approximate surface area is 125 Å². The van der Waals surface area contributed by atoms with Crippen LogP contribution in [0, 0.1) is 11.8 Å². The Morgan fingerprint density at radius 2 is 2.11 bits per heavy atom. The van der Waals surface area contributed by atoms with Crippen LogP contribution in [0.15, 0.2) is 28.7 Å². The number of nitrogens with one attached hydrogen (secondary N) is 1. The number of hydrogen-bond donors (Lipinski definition) is 1. The molecule has 0 amide bonds. The molecule has 1 fully saturated rings. The molecule has 0 spiro atoms. The van der Waals surface area contributed by atoms with Crippen LogP contribution in [0.2, 0.25) is 0 Å². The van der Waals surface area contributed by atoms with E-state index in [1.165, 1.54) is 23.0 Å². The summed E-state index contributed by atoms with van der Waals surface area (Å²) >= 11 is 3.65. The van der Waals surface area contributed by atoms with E-state index in [1.807, 2.05) is 7.05 Å². The Kier molecular flexibility index (Phi) is 5.43. The zero-order chi connectivity index (χ0) is 13.8. The largest absolute Gasteiger partial charge is 0.313 e. The van der Waals surface area contributed by atoms with Crippen LogP contribution in [0.1, 0.15) is 31.4 Å². The van der Waals surface area contributed by atoms with Crippen LogP contribution < -0.4 is 5.32 Å². The van der Waals surface area contributed by atoms with E-state index in [0.29, 0.717) is 6.04 Å². The molecule has 1 saturated carbocycles. The number of nitrogens with zero attached hydrogens (tertiary/aromatic N) is 1. The van der Waals surface area contributed by atoms with Crippen molar-refractivity contribution in [2.24, 2.45) is 11.8 Å². The van der Waals surface area contributed by atoms with Gasteiger partial charge in [0, 0.05) is 17.1 Å². The summed E-state index contributed by atoms with van der Waals surface area (Å²) in [5.74, 6) is 1.90. The van der Waals surface area contributed by atoms with Crippen LogP contribution in [0.5, 0.6) is 0 Å². The molecule has 0 bridgehead atoms. The lowest BCUT2D eigenvalue weighted by atomic mass is 10.0. The first-order valence-electron chi connectivity index (χ1n) is 7.22. The molecule has 1 aliphatic carbocycles. The smallest absolute Gasteiger partial charge is 0.0340 e. The SMILES string of the molecule is CNC(CCN(C)CC1CC1C)c1ccccc1Br. The molecule has 0 heterocycles. The van der Waals surface area contributed by atoms with Gasteiger partial charge in [-0.25, -0.2) is 0 Å². The van der Waals surface area contributed by atoms with Crippen molar-refractivity contribution in [3.8, 4) is 0 Å². The van der Waals surface area contributed by atoms with E-state index in [4.69, 9.17) is 0 Å². The number of hydrogen-bond acceptors (Lipinski definition) is 2. The van der Waals surface area contributed by atoms with E-state index in [1.54, 1.807) is 0 Å². The minimum absolute atomic E-state index is 0.426. The summed E-state index contributed by atoms with van der Waals surface area (Å²) in [6, 6.07) is 8.93. The number of benzene rings is 1. The molecule has 1 aromatic carbocycles. The summed E-state index contributed by atoms with van der Waals surface area (Å²) in [4.78, 5) is 2.48. The molecule has 1 aliphatic rings. The highest BCUT2D eigenvalue weighted by molar-refractivity contribution is 9.10. The molecular weight excluding hydrogens is 300 g/mol. The average molecular weight is 325 g/mol. The van der Waals surface area contributed by atoms with E-state index in [-0.39, 0.29) is 0 Å². The highest BCUT2D eigenvalue weighted by atomic mass is 79.9. The summed E-state index contributed by atoms with van der Waals surface area (Å²) in [6.45, 7) is 4.76. The van der Waals surface area contributed by atoms with Gasteiger partial charge in [0.2, 0.25) is 0 Å². The van der Waals surface area contributed by atoms with Gasteiger partial charge in [-0.2, -0.15) is 0 Å². The standard InChI is InChI=1S/C16H25BrN2/c1-12-10-13(12)11-19(3)9-8-16(18-2)14-6-4-5-7-15(14)17/h4-7,12-13,16,18H,8-11H2,1-3H3. The first kappa shape index (κ1) is 15.0. The van der Waals surface area contributed by atoms with Crippen LogP contribution in [0.4, 0.5) is 0 Å². The zero-order valence-electron chi connectivity index (χ0n) is 12.2. The van der Waals surface area contributed by atoms with Gasteiger partial charge in [0.25, 0.3) is 0 Å². The van der Waals surface area contributed by atoms with Crippen LogP contribution in [0.3, 0.4) is 0 Å². The molecule has 0 aromatic heterocycles. The average Bonchev–Trinajstić information content (AvgIpc) is 3.07. The van der Waals surface area contributed by atoms with Crippen LogP contribution >= 0.6 is 15.9 Å².